The van der Waals surface area contributed by atoms with Crippen molar-refractivity contribution >= 4 is 73.9 Å². The van der Waals surface area contributed by atoms with Crippen molar-refractivity contribution in [2.24, 2.45) is 0 Å². The predicted octanol–water partition coefficient (Wildman–Crippen LogP) is 6.52. The number of hydrogen-bond acceptors (Lipinski definition) is 7. The summed E-state index contributed by atoms with van der Waals surface area (Å²) in [7, 11) is 0. The monoisotopic (exact) mass is 615 g/mol. The van der Waals surface area contributed by atoms with Gasteiger partial charge < -0.3 is 9.32 Å². The molecule has 0 radical (unpaired) electrons. The number of amides is 2. The van der Waals surface area contributed by atoms with Gasteiger partial charge in [0.15, 0.2) is 21.9 Å². The van der Waals surface area contributed by atoms with Crippen molar-refractivity contribution in [1.29, 1.82) is 0 Å². The molecule has 0 saturated carbocycles. The van der Waals surface area contributed by atoms with Crippen LogP contribution in [0.2, 0.25) is 10.0 Å². The molecule has 4 heterocycles. The number of nitrogens with zero attached hydrogens (tertiary/aromatic N) is 3. The molecule has 208 valence electrons. The average Bonchev–Trinajstić information content (AvgIpc) is 3.55. The van der Waals surface area contributed by atoms with E-state index in [0.717, 1.165) is 16.9 Å². The zero-order chi connectivity index (χ0) is 29.5. The lowest BCUT2D eigenvalue weighted by molar-refractivity contribution is -0.121. The molecule has 5 aromatic rings. The Bertz CT molecular complexity index is 2070. The van der Waals surface area contributed by atoms with Crippen LogP contribution in [0.5, 0.6) is 0 Å². The molecule has 42 heavy (non-hydrogen) atoms. The Morgan fingerprint density at radius 3 is 2.43 bits per heavy atom. The van der Waals surface area contributed by atoms with Crippen molar-refractivity contribution < 1.29 is 18.8 Å². The van der Waals surface area contributed by atoms with Crippen LogP contribution in [0, 0.1) is 6.92 Å². The molecule has 2 amide bonds. The topological polar surface area (TPSA) is 101 Å². The van der Waals surface area contributed by atoms with Gasteiger partial charge in [-0.1, -0.05) is 64.9 Å². The van der Waals surface area contributed by atoms with Gasteiger partial charge in [-0.25, -0.2) is 4.98 Å². The number of Topliss-reactive ketones (excluding diaryl/α,β-unsaturated/α-hetero) is 1. The summed E-state index contributed by atoms with van der Waals surface area (Å²) >= 11 is 13.3. The first-order chi connectivity index (χ1) is 20.1. The van der Waals surface area contributed by atoms with Gasteiger partial charge in [-0.3, -0.25) is 24.1 Å². The highest BCUT2D eigenvalue weighted by Gasteiger charge is 2.66. The number of hydrogen-bond donors (Lipinski definition) is 0. The Labute approximate surface area is 252 Å². The minimum absolute atomic E-state index is 0.104. The number of rotatable bonds is 4. The van der Waals surface area contributed by atoms with E-state index >= 15 is 0 Å². The lowest BCUT2D eigenvalue weighted by Gasteiger charge is -2.32. The molecule has 2 aliphatic heterocycles. The fourth-order valence-electron chi connectivity index (χ4n) is 5.87. The highest BCUT2D eigenvalue weighted by atomic mass is 35.5. The molecule has 1 spiro atoms. The number of para-hydroxylation sites is 1. The number of carbonyl (C=O) groups is 3. The van der Waals surface area contributed by atoms with E-state index in [1.54, 1.807) is 54.3 Å². The summed E-state index contributed by atoms with van der Waals surface area (Å²) in [6.07, 6.45) is 0. The van der Waals surface area contributed by atoms with Crippen molar-refractivity contribution in [3.05, 3.63) is 120 Å². The van der Waals surface area contributed by atoms with Gasteiger partial charge in [0.25, 0.3) is 11.8 Å². The summed E-state index contributed by atoms with van der Waals surface area (Å²) in [6.45, 7) is 3.21. The first-order valence-electron chi connectivity index (χ1n) is 12.9. The van der Waals surface area contributed by atoms with Crippen LogP contribution < -0.4 is 15.2 Å². The fourth-order valence-corrected chi connectivity index (χ4v) is 7.18. The van der Waals surface area contributed by atoms with Gasteiger partial charge in [0, 0.05) is 22.5 Å². The lowest BCUT2D eigenvalue weighted by atomic mass is 9.84. The van der Waals surface area contributed by atoms with E-state index in [9.17, 15) is 19.2 Å². The Morgan fingerprint density at radius 1 is 1.00 bits per heavy atom. The molecule has 0 bridgehead atoms. The van der Waals surface area contributed by atoms with Crippen LogP contribution in [0.1, 0.15) is 49.5 Å². The van der Waals surface area contributed by atoms with Crippen molar-refractivity contribution in [3.8, 4) is 0 Å². The highest BCUT2D eigenvalue weighted by Crippen LogP contribution is 2.55. The molecule has 1 unspecified atom stereocenters. The quantitative estimate of drug-likeness (QED) is 0.213. The Balaban J connectivity index is 1.56. The molecule has 0 N–H and O–H groups in total. The molecule has 0 saturated heterocycles. The van der Waals surface area contributed by atoms with E-state index in [4.69, 9.17) is 27.6 Å². The summed E-state index contributed by atoms with van der Waals surface area (Å²) in [5.41, 5.74) is -0.311. The second-order valence-corrected chi connectivity index (χ2v) is 12.0. The zero-order valence-electron chi connectivity index (χ0n) is 22.1. The SMILES string of the molecule is CC(=O)c1sc(N2C(=O)c3oc4ccc(Cl)cc4c(=O)c3C23C(=O)N(Cc2ccc(Cl)cc2)c2ccccc23)nc1C. The number of carbonyl (C=O) groups excluding carboxylic acids is 3. The second-order valence-electron chi connectivity index (χ2n) is 10.1. The summed E-state index contributed by atoms with van der Waals surface area (Å²) in [5.74, 6) is -1.73. The van der Waals surface area contributed by atoms with E-state index in [1.165, 1.54) is 24.0 Å². The number of benzene rings is 3. The minimum atomic E-state index is -1.94. The van der Waals surface area contributed by atoms with Gasteiger partial charge in [-0.05, 0) is 48.9 Å². The van der Waals surface area contributed by atoms with Gasteiger partial charge in [0.05, 0.1) is 33.8 Å². The normalized spacial score (nSPS) is 17.4. The summed E-state index contributed by atoms with van der Waals surface area (Å²) in [5, 5.41) is 1.09. The number of aryl methyl sites for hydroxylation is 1. The van der Waals surface area contributed by atoms with E-state index < -0.39 is 22.8 Å². The maximum absolute atomic E-state index is 14.9. The van der Waals surface area contributed by atoms with E-state index in [0.29, 0.717) is 31.9 Å². The number of fused-ring (bicyclic) bond motifs is 5. The van der Waals surface area contributed by atoms with Crippen molar-refractivity contribution in [3.63, 3.8) is 0 Å². The number of halogens is 2. The number of aromatic nitrogens is 1. The molecule has 8 nitrogen and oxygen atoms in total. The third-order valence-corrected chi connectivity index (χ3v) is 9.37. The molecular weight excluding hydrogens is 597 g/mol. The van der Waals surface area contributed by atoms with E-state index in [2.05, 4.69) is 4.98 Å². The number of ketones is 1. The molecular formula is C31H19Cl2N3O5S. The van der Waals surface area contributed by atoms with Crippen LogP contribution in [0.25, 0.3) is 11.0 Å². The highest BCUT2D eigenvalue weighted by molar-refractivity contribution is 7.17. The largest absolute Gasteiger partial charge is 0.450 e. The van der Waals surface area contributed by atoms with Gasteiger partial charge >= 0.3 is 0 Å². The Morgan fingerprint density at radius 2 is 1.71 bits per heavy atom. The maximum atomic E-state index is 14.9. The number of anilines is 2. The van der Waals surface area contributed by atoms with E-state index in [1.807, 2.05) is 12.1 Å². The van der Waals surface area contributed by atoms with Crippen LogP contribution in [0.3, 0.4) is 0 Å². The minimum Gasteiger partial charge on any atom is -0.450 e. The van der Waals surface area contributed by atoms with Crippen LogP contribution >= 0.6 is 34.5 Å². The van der Waals surface area contributed by atoms with Gasteiger partial charge in [0.2, 0.25) is 5.76 Å². The molecule has 7 rings (SSSR count). The van der Waals surface area contributed by atoms with Gasteiger partial charge in [-0.15, -0.1) is 0 Å². The third-order valence-electron chi connectivity index (χ3n) is 7.64. The molecule has 11 heteroatoms. The first-order valence-corrected chi connectivity index (χ1v) is 14.5. The summed E-state index contributed by atoms with van der Waals surface area (Å²) in [6, 6.07) is 18.6. The second kappa shape index (κ2) is 9.35. The van der Waals surface area contributed by atoms with Crippen LogP contribution in [-0.4, -0.2) is 22.6 Å². The standard InChI is InChI=1S/C31H19Cl2N3O5S/c1-15-27(16(2)37)42-30(34-15)36-28(39)26-24(25(38)20-13-19(33)11-12-23(20)41-26)31(36)21-5-3-4-6-22(21)35(29(31)40)14-17-7-9-18(32)10-8-17/h3-13H,14H2,1-2H3. The smallest absolute Gasteiger partial charge is 0.297 e. The fraction of sp³-hybridized carbons (Fsp3) is 0.129. The van der Waals surface area contributed by atoms with Crippen LogP contribution in [0.15, 0.2) is 75.9 Å². The number of thiazole rings is 1. The van der Waals surface area contributed by atoms with Crippen LogP contribution in [-0.2, 0) is 16.9 Å². The lowest BCUT2D eigenvalue weighted by Crippen LogP contribution is -2.53. The molecule has 1 atom stereocenters. The van der Waals surface area contributed by atoms with Gasteiger partial charge in [0.1, 0.15) is 5.58 Å². The molecule has 3 aromatic carbocycles. The maximum Gasteiger partial charge on any atom is 0.297 e. The van der Waals surface area contributed by atoms with Gasteiger partial charge in [-0.2, -0.15) is 0 Å². The van der Waals surface area contributed by atoms with E-state index in [-0.39, 0.29) is 39.8 Å². The molecule has 0 aliphatic carbocycles. The summed E-state index contributed by atoms with van der Waals surface area (Å²) < 4.78 is 6.08. The third kappa shape index (κ3) is 3.57. The van der Waals surface area contributed by atoms with Crippen LogP contribution in [0.4, 0.5) is 10.8 Å². The summed E-state index contributed by atoms with van der Waals surface area (Å²) in [4.78, 5) is 63.7. The molecule has 2 aliphatic rings. The average molecular weight is 616 g/mol. The zero-order valence-corrected chi connectivity index (χ0v) is 24.4. The Hall–Kier alpha value is -4.31. The van der Waals surface area contributed by atoms with Crippen molar-refractivity contribution in [2.45, 2.75) is 25.9 Å². The predicted molar refractivity (Wildman–Crippen MR) is 161 cm³/mol. The first kappa shape index (κ1) is 26.6. The molecule has 2 aromatic heterocycles. The molecule has 0 fully saturated rings. The Kier molecular flexibility index (Phi) is 5.92. The van der Waals surface area contributed by atoms with Crippen molar-refractivity contribution in [1.82, 2.24) is 4.98 Å². The van der Waals surface area contributed by atoms with Crippen molar-refractivity contribution in [2.75, 3.05) is 9.80 Å².